The summed E-state index contributed by atoms with van der Waals surface area (Å²) in [6.07, 6.45) is -2.61. The van der Waals surface area contributed by atoms with Crippen molar-refractivity contribution in [2.45, 2.75) is 25.2 Å². The van der Waals surface area contributed by atoms with E-state index in [1.54, 1.807) is 4.72 Å². The summed E-state index contributed by atoms with van der Waals surface area (Å²) in [4.78, 5) is 0. The van der Waals surface area contributed by atoms with Crippen LogP contribution in [0.4, 0.5) is 17.6 Å². The molecule has 1 aliphatic rings. The predicted molar refractivity (Wildman–Crippen MR) is 58.3 cm³/mol. The maximum atomic E-state index is 12.6. The quantitative estimate of drug-likeness (QED) is 0.712. The molecule has 1 aliphatic heterocycles. The van der Waals surface area contributed by atoms with Crippen LogP contribution in [0.5, 0.6) is 0 Å². The monoisotopic (exact) mass is 292 g/mol. The molecule has 18 heavy (non-hydrogen) atoms. The van der Waals surface area contributed by atoms with Crippen molar-refractivity contribution >= 4 is 10.0 Å². The van der Waals surface area contributed by atoms with Crippen LogP contribution >= 0.6 is 0 Å². The average molecular weight is 292 g/mol. The molecule has 2 N–H and O–H groups in total. The molecule has 1 rings (SSSR count). The lowest BCUT2D eigenvalue weighted by atomic mass is 10.0. The number of piperidine rings is 1. The first kappa shape index (κ1) is 15.6. The molecular formula is C9H16F4N2O2S. The highest BCUT2D eigenvalue weighted by molar-refractivity contribution is 7.89. The van der Waals surface area contributed by atoms with Crippen molar-refractivity contribution in [3.05, 3.63) is 0 Å². The smallest absolute Gasteiger partial charge is 0.317 e. The Kier molecular flexibility index (Phi) is 5.35. The molecule has 1 saturated heterocycles. The Balaban J connectivity index is 2.44. The van der Waals surface area contributed by atoms with Crippen LogP contribution in [-0.2, 0) is 10.0 Å². The van der Waals surface area contributed by atoms with Gasteiger partial charge in [-0.2, -0.15) is 8.78 Å². The fourth-order valence-corrected chi connectivity index (χ4v) is 3.19. The molecule has 0 aromatic carbocycles. The third-order valence-electron chi connectivity index (χ3n) is 2.76. The van der Waals surface area contributed by atoms with E-state index in [4.69, 9.17) is 0 Å². The first-order chi connectivity index (χ1) is 8.23. The van der Waals surface area contributed by atoms with Gasteiger partial charge in [-0.1, -0.05) is 0 Å². The van der Waals surface area contributed by atoms with E-state index in [1.807, 2.05) is 0 Å². The Bertz CT molecular complexity index is 356. The lowest BCUT2D eigenvalue weighted by Crippen LogP contribution is -2.43. The van der Waals surface area contributed by atoms with Crippen LogP contribution in [0, 0.1) is 5.92 Å². The van der Waals surface area contributed by atoms with Crippen molar-refractivity contribution in [1.82, 2.24) is 10.0 Å². The summed E-state index contributed by atoms with van der Waals surface area (Å²) >= 11 is 0. The summed E-state index contributed by atoms with van der Waals surface area (Å²) in [5.74, 6) is -4.75. The minimum atomic E-state index is -4.33. The predicted octanol–water partition coefficient (Wildman–Crippen LogP) is 0.806. The fraction of sp³-hybridized carbons (Fsp3) is 1.00. The number of sulfonamides is 1. The normalized spacial score (nSPS) is 19.4. The van der Waals surface area contributed by atoms with Gasteiger partial charge in [0.1, 0.15) is 0 Å². The van der Waals surface area contributed by atoms with Gasteiger partial charge in [0.2, 0.25) is 10.0 Å². The lowest BCUT2D eigenvalue weighted by molar-refractivity contribution is -0.122. The first-order valence-corrected chi connectivity index (χ1v) is 7.22. The largest absolute Gasteiger partial charge is 0.320 e. The van der Waals surface area contributed by atoms with Crippen LogP contribution in [0.15, 0.2) is 0 Å². The molecule has 0 spiro atoms. The van der Waals surface area contributed by atoms with E-state index in [1.165, 1.54) is 0 Å². The van der Waals surface area contributed by atoms with Gasteiger partial charge in [-0.15, -0.1) is 0 Å². The second-order valence-electron chi connectivity index (χ2n) is 4.36. The summed E-state index contributed by atoms with van der Waals surface area (Å²) in [6.45, 7) is -0.210. The maximum absolute atomic E-state index is 12.6. The molecular weight excluding hydrogens is 276 g/mol. The van der Waals surface area contributed by atoms with Gasteiger partial charge in [0.15, 0.2) is 0 Å². The van der Waals surface area contributed by atoms with E-state index in [0.717, 1.165) is 0 Å². The van der Waals surface area contributed by atoms with Crippen LogP contribution in [0.3, 0.4) is 0 Å². The van der Waals surface area contributed by atoms with Crippen molar-refractivity contribution in [2.24, 2.45) is 5.92 Å². The minimum absolute atomic E-state index is 0.121. The van der Waals surface area contributed by atoms with Gasteiger partial charge in [0.25, 0.3) is 0 Å². The molecule has 108 valence electrons. The Morgan fingerprint density at radius 1 is 1.28 bits per heavy atom. The summed E-state index contributed by atoms with van der Waals surface area (Å²) in [7, 11) is -3.94. The molecule has 1 fully saturated rings. The third kappa shape index (κ3) is 5.07. The number of nitrogens with one attached hydrogen (secondary N) is 2. The molecule has 0 aromatic heterocycles. The van der Waals surface area contributed by atoms with E-state index in [9.17, 15) is 26.0 Å². The maximum Gasteiger partial charge on any atom is 0.320 e. The first-order valence-electron chi connectivity index (χ1n) is 5.57. The lowest BCUT2D eigenvalue weighted by Gasteiger charge is -2.23. The topological polar surface area (TPSA) is 58.2 Å². The molecule has 0 amide bonds. The second-order valence-corrected chi connectivity index (χ2v) is 6.21. The molecule has 0 saturated carbocycles. The van der Waals surface area contributed by atoms with E-state index in [0.29, 0.717) is 25.9 Å². The average Bonchev–Trinajstić information content (AvgIpc) is 2.27. The molecule has 4 nitrogen and oxygen atoms in total. The van der Waals surface area contributed by atoms with E-state index >= 15 is 0 Å². The third-order valence-corrected chi connectivity index (χ3v) is 4.26. The summed E-state index contributed by atoms with van der Waals surface area (Å²) in [6, 6.07) is 0. The number of alkyl halides is 4. The van der Waals surface area contributed by atoms with Crippen LogP contribution < -0.4 is 10.0 Å². The number of hydrogen-bond donors (Lipinski definition) is 2. The Morgan fingerprint density at radius 3 is 2.33 bits per heavy atom. The zero-order valence-electron chi connectivity index (χ0n) is 9.63. The van der Waals surface area contributed by atoms with Crippen molar-refractivity contribution < 1.29 is 26.0 Å². The second kappa shape index (κ2) is 6.16. The van der Waals surface area contributed by atoms with E-state index in [-0.39, 0.29) is 11.7 Å². The molecule has 1 heterocycles. The van der Waals surface area contributed by atoms with E-state index in [2.05, 4.69) is 5.32 Å². The SMILES string of the molecule is O=S(=O)(CC1CCNCC1)NCC(F)(F)C(F)F. The van der Waals surface area contributed by atoms with Gasteiger partial charge < -0.3 is 5.32 Å². The highest BCUT2D eigenvalue weighted by atomic mass is 32.2. The van der Waals surface area contributed by atoms with Crippen LogP contribution in [0.25, 0.3) is 0 Å². The molecule has 0 radical (unpaired) electrons. The summed E-state index contributed by atoms with van der Waals surface area (Å²) in [5.41, 5.74) is 0. The van der Waals surface area contributed by atoms with Crippen molar-refractivity contribution in [1.29, 1.82) is 0 Å². The molecule has 0 bridgehead atoms. The standard InChI is InChI=1S/C9H16F4N2O2S/c10-8(11)9(12,13)6-15-18(16,17)5-7-1-3-14-4-2-7/h7-8,14-15H,1-6H2. The Labute approximate surface area is 103 Å². The van der Waals surface area contributed by atoms with Gasteiger partial charge in [-0.3, -0.25) is 0 Å². The van der Waals surface area contributed by atoms with Crippen molar-refractivity contribution in [3.8, 4) is 0 Å². The summed E-state index contributed by atoms with van der Waals surface area (Å²) in [5, 5.41) is 3.04. The number of rotatable bonds is 6. The fourth-order valence-electron chi connectivity index (χ4n) is 1.70. The highest BCUT2D eigenvalue weighted by Gasteiger charge is 2.41. The van der Waals surface area contributed by atoms with Crippen LogP contribution in [0.1, 0.15) is 12.8 Å². The zero-order valence-corrected chi connectivity index (χ0v) is 10.5. The van der Waals surface area contributed by atoms with Crippen LogP contribution in [-0.4, -0.2) is 46.2 Å². The van der Waals surface area contributed by atoms with Gasteiger partial charge >= 0.3 is 12.3 Å². The molecule has 0 atom stereocenters. The number of hydrogen-bond acceptors (Lipinski definition) is 3. The van der Waals surface area contributed by atoms with Gasteiger partial charge in [-0.25, -0.2) is 21.9 Å². The zero-order chi connectivity index (χ0) is 13.8. The van der Waals surface area contributed by atoms with Crippen LogP contribution in [0.2, 0.25) is 0 Å². The molecule has 0 aliphatic carbocycles. The number of halogens is 4. The van der Waals surface area contributed by atoms with Gasteiger partial charge in [0, 0.05) is 0 Å². The van der Waals surface area contributed by atoms with Crippen molar-refractivity contribution in [3.63, 3.8) is 0 Å². The van der Waals surface area contributed by atoms with Gasteiger partial charge in [0.05, 0.1) is 12.3 Å². The van der Waals surface area contributed by atoms with E-state index < -0.39 is 28.9 Å². The van der Waals surface area contributed by atoms with Gasteiger partial charge in [-0.05, 0) is 31.8 Å². The molecule has 0 unspecified atom stereocenters. The molecule has 0 aromatic rings. The Hall–Kier alpha value is -0.410. The Morgan fingerprint density at radius 2 is 1.83 bits per heavy atom. The summed E-state index contributed by atoms with van der Waals surface area (Å²) < 4.78 is 73.3. The highest BCUT2D eigenvalue weighted by Crippen LogP contribution is 2.22. The van der Waals surface area contributed by atoms with Crippen molar-refractivity contribution in [2.75, 3.05) is 25.4 Å². The molecule has 9 heteroatoms. The minimum Gasteiger partial charge on any atom is -0.317 e.